The zero-order chi connectivity index (χ0) is 18.8. The van der Waals surface area contributed by atoms with Crippen molar-refractivity contribution in [3.63, 3.8) is 0 Å². The third-order valence-electron chi connectivity index (χ3n) is 4.60. The van der Waals surface area contributed by atoms with E-state index in [2.05, 4.69) is 48.4 Å². The van der Waals surface area contributed by atoms with Crippen LogP contribution < -0.4 is 20.1 Å². The second-order valence-electron chi connectivity index (χ2n) is 6.82. The number of rotatable bonds is 9. The minimum absolute atomic E-state index is 0.308. The van der Waals surface area contributed by atoms with Crippen molar-refractivity contribution >= 4 is 17.7 Å². The molecule has 1 saturated heterocycles. The number of thioether (sulfide) groups is 1. The number of aliphatic imine (C=N–C) groups is 1. The summed E-state index contributed by atoms with van der Waals surface area (Å²) in [7, 11) is 3.33. The highest BCUT2D eigenvalue weighted by Gasteiger charge is 2.29. The molecule has 146 valence electrons. The van der Waals surface area contributed by atoms with Gasteiger partial charge in [-0.3, -0.25) is 4.99 Å². The molecule has 1 aromatic carbocycles. The molecule has 0 bridgehead atoms. The zero-order valence-corrected chi connectivity index (χ0v) is 17.4. The molecule has 2 N–H and O–H groups in total. The lowest BCUT2D eigenvalue weighted by molar-refractivity contribution is 0.354. The zero-order valence-electron chi connectivity index (χ0n) is 16.6. The van der Waals surface area contributed by atoms with Crippen LogP contribution in [0.4, 0.5) is 0 Å². The quantitative estimate of drug-likeness (QED) is 0.391. The summed E-state index contributed by atoms with van der Waals surface area (Å²) in [6.07, 6.45) is 4.60. The molecular weight excluding hydrogens is 346 g/mol. The highest BCUT2D eigenvalue weighted by atomic mass is 32.2. The standard InChI is InChI=1S/C20H33N3O2S/c1-5-21-19(23-15-20(2)11-7-13-26-20)22-12-6-8-16-9-10-17(24-3)18(14-16)25-4/h9-10,14H,5-8,11-13,15H2,1-4H3,(H2,21,22,23). The molecule has 2 rings (SSSR count). The maximum Gasteiger partial charge on any atom is 0.191 e. The Morgan fingerprint density at radius 3 is 2.69 bits per heavy atom. The highest BCUT2D eigenvalue weighted by Crippen LogP contribution is 2.37. The van der Waals surface area contributed by atoms with Crippen LogP contribution in [-0.4, -0.2) is 50.3 Å². The van der Waals surface area contributed by atoms with E-state index in [0.29, 0.717) is 4.75 Å². The Labute approximate surface area is 162 Å². The first-order valence-electron chi connectivity index (χ1n) is 9.47. The maximum absolute atomic E-state index is 5.37. The summed E-state index contributed by atoms with van der Waals surface area (Å²) in [5.74, 6) is 3.75. The normalized spacial score (nSPS) is 20.1. The van der Waals surface area contributed by atoms with Crippen LogP contribution in [0, 0.1) is 0 Å². The van der Waals surface area contributed by atoms with E-state index in [1.165, 1.54) is 24.2 Å². The van der Waals surface area contributed by atoms with Crippen LogP contribution in [0.1, 0.15) is 38.7 Å². The SMILES string of the molecule is CCNC(=NCC1(C)CCCS1)NCCCc1ccc(OC)c(OC)c1. The maximum atomic E-state index is 5.37. The molecule has 0 radical (unpaired) electrons. The van der Waals surface area contributed by atoms with Crippen molar-refractivity contribution in [2.45, 2.75) is 44.3 Å². The summed E-state index contributed by atoms with van der Waals surface area (Å²) in [5, 5.41) is 6.81. The van der Waals surface area contributed by atoms with Crippen LogP contribution in [0.25, 0.3) is 0 Å². The minimum Gasteiger partial charge on any atom is -0.493 e. The second kappa shape index (κ2) is 10.6. The lowest BCUT2D eigenvalue weighted by Gasteiger charge is -2.21. The van der Waals surface area contributed by atoms with E-state index < -0.39 is 0 Å². The minimum atomic E-state index is 0.308. The van der Waals surface area contributed by atoms with E-state index in [0.717, 1.165) is 49.9 Å². The molecular formula is C20H33N3O2S. The second-order valence-corrected chi connectivity index (χ2v) is 8.50. The molecule has 1 aliphatic rings. The summed E-state index contributed by atoms with van der Waals surface area (Å²) >= 11 is 2.05. The van der Waals surface area contributed by atoms with Crippen molar-refractivity contribution in [2.75, 3.05) is 39.6 Å². The van der Waals surface area contributed by atoms with E-state index >= 15 is 0 Å². The average molecular weight is 380 g/mol. The van der Waals surface area contributed by atoms with Gasteiger partial charge < -0.3 is 20.1 Å². The van der Waals surface area contributed by atoms with Gasteiger partial charge >= 0.3 is 0 Å². The van der Waals surface area contributed by atoms with Gasteiger partial charge in [-0.2, -0.15) is 11.8 Å². The fraction of sp³-hybridized carbons (Fsp3) is 0.650. The highest BCUT2D eigenvalue weighted by molar-refractivity contribution is 8.00. The predicted octanol–water partition coefficient (Wildman–Crippen LogP) is 3.48. The molecule has 0 aromatic heterocycles. The average Bonchev–Trinajstić information content (AvgIpc) is 3.09. The Kier molecular flexibility index (Phi) is 8.42. The van der Waals surface area contributed by atoms with Gasteiger partial charge in [0.25, 0.3) is 0 Å². The third kappa shape index (κ3) is 6.31. The van der Waals surface area contributed by atoms with Crippen LogP contribution >= 0.6 is 11.8 Å². The van der Waals surface area contributed by atoms with Gasteiger partial charge in [0.1, 0.15) is 0 Å². The lowest BCUT2D eigenvalue weighted by Crippen LogP contribution is -2.39. The van der Waals surface area contributed by atoms with Crippen LogP contribution in [-0.2, 0) is 6.42 Å². The van der Waals surface area contributed by atoms with Gasteiger partial charge in [0.2, 0.25) is 0 Å². The molecule has 1 heterocycles. The molecule has 0 saturated carbocycles. The first kappa shape index (κ1) is 20.7. The van der Waals surface area contributed by atoms with Crippen LogP contribution in [0.15, 0.2) is 23.2 Å². The number of benzene rings is 1. The lowest BCUT2D eigenvalue weighted by atomic mass is 10.1. The van der Waals surface area contributed by atoms with Crippen molar-refractivity contribution in [3.05, 3.63) is 23.8 Å². The molecule has 1 aliphatic heterocycles. The number of hydrogen-bond donors (Lipinski definition) is 2. The van der Waals surface area contributed by atoms with Crippen molar-refractivity contribution < 1.29 is 9.47 Å². The van der Waals surface area contributed by atoms with Crippen LogP contribution in [0.3, 0.4) is 0 Å². The van der Waals surface area contributed by atoms with Crippen molar-refractivity contribution in [1.82, 2.24) is 10.6 Å². The summed E-state index contributed by atoms with van der Waals surface area (Å²) in [5.41, 5.74) is 1.25. The van der Waals surface area contributed by atoms with E-state index in [1.54, 1.807) is 14.2 Å². The predicted molar refractivity (Wildman–Crippen MR) is 112 cm³/mol. The van der Waals surface area contributed by atoms with Crippen molar-refractivity contribution in [1.29, 1.82) is 0 Å². The van der Waals surface area contributed by atoms with Gasteiger partial charge in [0.15, 0.2) is 17.5 Å². The summed E-state index contributed by atoms with van der Waals surface area (Å²) < 4.78 is 11.0. The number of ether oxygens (including phenoxy) is 2. The Bertz CT molecular complexity index is 586. The molecule has 1 atom stereocenters. The Morgan fingerprint density at radius 2 is 2.04 bits per heavy atom. The number of aryl methyl sites for hydroxylation is 1. The van der Waals surface area contributed by atoms with Gasteiger partial charge in [-0.25, -0.2) is 0 Å². The molecule has 1 aromatic rings. The summed E-state index contributed by atoms with van der Waals surface area (Å²) in [6, 6.07) is 6.11. The Morgan fingerprint density at radius 1 is 1.23 bits per heavy atom. The van der Waals surface area contributed by atoms with E-state index in [-0.39, 0.29) is 0 Å². The molecule has 1 fully saturated rings. The van der Waals surface area contributed by atoms with Gasteiger partial charge in [0.05, 0.1) is 20.8 Å². The summed E-state index contributed by atoms with van der Waals surface area (Å²) in [4.78, 5) is 4.80. The molecule has 26 heavy (non-hydrogen) atoms. The topological polar surface area (TPSA) is 54.9 Å². The number of nitrogens with one attached hydrogen (secondary N) is 2. The fourth-order valence-corrected chi connectivity index (χ4v) is 4.31. The molecule has 0 aliphatic carbocycles. The number of guanidine groups is 1. The third-order valence-corrected chi connectivity index (χ3v) is 6.12. The van der Waals surface area contributed by atoms with Gasteiger partial charge in [0, 0.05) is 17.8 Å². The summed E-state index contributed by atoms with van der Waals surface area (Å²) in [6.45, 7) is 7.08. The smallest absolute Gasteiger partial charge is 0.191 e. The molecule has 5 nitrogen and oxygen atoms in total. The number of hydrogen-bond acceptors (Lipinski definition) is 4. The van der Waals surface area contributed by atoms with E-state index in [4.69, 9.17) is 14.5 Å². The molecule has 0 amide bonds. The first-order valence-corrected chi connectivity index (χ1v) is 10.5. The van der Waals surface area contributed by atoms with Crippen molar-refractivity contribution in [2.24, 2.45) is 4.99 Å². The van der Waals surface area contributed by atoms with Crippen LogP contribution in [0.2, 0.25) is 0 Å². The number of methoxy groups -OCH3 is 2. The fourth-order valence-electron chi connectivity index (χ4n) is 3.09. The van der Waals surface area contributed by atoms with E-state index in [1.807, 2.05) is 6.07 Å². The van der Waals surface area contributed by atoms with Gasteiger partial charge in [-0.05, 0) is 63.0 Å². The molecule has 6 heteroatoms. The number of nitrogens with zero attached hydrogens (tertiary/aromatic N) is 1. The monoisotopic (exact) mass is 379 g/mol. The molecule has 1 unspecified atom stereocenters. The van der Waals surface area contributed by atoms with E-state index in [9.17, 15) is 0 Å². The van der Waals surface area contributed by atoms with Crippen LogP contribution in [0.5, 0.6) is 11.5 Å². The van der Waals surface area contributed by atoms with Gasteiger partial charge in [-0.1, -0.05) is 6.07 Å². The Balaban J connectivity index is 1.80. The molecule has 0 spiro atoms. The van der Waals surface area contributed by atoms with Crippen molar-refractivity contribution in [3.8, 4) is 11.5 Å². The Hall–Kier alpha value is -1.56. The largest absolute Gasteiger partial charge is 0.493 e. The first-order chi connectivity index (χ1) is 12.6. The van der Waals surface area contributed by atoms with Gasteiger partial charge in [-0.15, -0.1) is 0 Å².